The summed E-state index contributed by atoms with van der Waals surface area (Å²) in [6, 6.07) is 8.98. The highest BCUT2D eigenvalue weighted by Crippen LogP contribution is 2.38. The Labute approximate surface area is 129 Å². The largest absolute Gasteiger partial charge is 0.312 e. The minimum Gasteiger partial charge on any atom is -0.312 e. The van der Waals surface area contributed by atoms with Gasteiger partial charge in [0.25, 0.3) is 0 Å². The lowest BCUT2D eigenvalue weighted by Crippen LogP contribution is -2.24. The topological polar surface area (TPSA) is 15.3 Å². The van der Waals surface area contributed by atoms with Gasteiger partial charge in [-0.05, 0) is 48.3 Å². The van der Waals surface area contributed by atoms with Gasteiger partial charge in [-0.2, -0.15) is 0 Å². The molecule has 1 aromatic carbocycles. The van der Waals surface area contributed by atoms with Gasteiger partial charge in [0, 0.05) is 26.2 Å². The fourth-order valence-corrected chi connectivity index (χ4v) is 4.08. The van der Waals surface area contributed by atoms with Crippen molar-refractivity contribution in [2.75, 3.05) is 19.6 Å². The van der Waals surface area contributed by atoms with E-state index in [1.807, 2.05) is 0 Å². The predicted molar refractivity (Wildman–Crippen MR) is 89.1 cm³/mol. The van der Waals surface area contributed by atoms with Crippen molar-refractivity contribution < 1.29 is 0 Å². The maximum absolute atomic E-state index is 3.59. The second kappa shape index (κ2) is 6.93. The molecular weight excluding hydrogens is 256 g/mol. The molecule has 3 rings (SSSR count). The van der Waals surface area contributed by atoms with Crippen LogP contribution in [-0.4, -0.2) is 24.5 Å². The van der Waals surface area contributed by atoms with E-state index in [1.165, 1.54) is 43.5 Å². The molecule has 0 aromatic heterocycles. The molecule has 2 atom stereocenters. The first-order chi connectivity index (χ1) is 10.2. The van der Waals surface area contributed by atoms with Crippen molar-refractivity contribution in [3.8, 4) is 0 Å². The molecule has 2 fully saturated rings. The van der Waals surface area contributed by atoms with Crippen LogP contribution in [0.3, 0.4) is 0 Å². The molecule has 0 spiro atoms. The van der Waals surface area contributed by atoms with Crippen LogP contribution in [0.25, 0.3) is 0 Å². The highest BCUT2D eigenvalue weighted by molar-refractivity contribution is 5.27. The zero-order valence-electron chi connectivity index (χ0n) is 13.6. The van der Waals surface area contributed by atoms with Gasteiger partial charge in [0.15, 0.2) is 0 Å². The van der Waals surface area contributed by atoms with Crippen molar-refractivity contribution in [3.63, 3.8) is 0 Å². The van der Waals surface area contributed by atoms with Gasteiger partial charge in [-0.15, -0.1) is 0 Å². The molecule has 1 heterocycles. The summed E-state index contributed by atoms with van der Waals surface area (Å²) < 4.78 is 0. The van der Waals surface area contributed by atoms with E-state index < -0.39 is 0 Å². The highest BCUT2D eigenvalue weighted by atomic mass is 15.2. The number of fused-ring (bicyclic) bond motifs is 1. The zero-order chi connectivity index (χ0) is 14.7. The monoisotopic (exact) mass is 286 g/mol. The van der Waals surface area contributed by atoms with Gasteiger partial charge in [-0.1, -0.05) is 44.5 Å². The first kappa shape index (κ1) is 15.1. The Bertz CT molecular complexity index is 443. The maximum Gasteiger partial charge on any atom is 0.0237 e. The van der Waals surface area contributed by atoms with E-state index in [2.05, 4.69) is 48.3 Å². The van der Waals surface area contributed by atoms with Crippen molar-refractivity contribution >= 4 is 0 Å². The number of nitrogens with one attached hydrogen (secondary N) is 1. The number of nitrogens with zero attached hydrogens (tertiary/aromatic N) is 1. The third kappa shape index (κ3) is 3.87. The number of likely N-dealkylation sites (tertiary alicyclic amines) is 1. The normalized spacial score (nSPS) is 25.7. The van der Waals surface area contributed by atoms with Crippen molar-refractivity contribution in [1.29, 1.82) is 0 Å². The number of hydrogen-bond acceptors (Lipinski definition) is 2. The van der Waals surface area contributed by atoms with Crippen LogP contribution in [0.1, 0.15) is 44.2 Å². The lowest BCUT2D eigenvalue weighted by molar-refractivity contribution is 0.302. The van der Waals surface area contributed by atoms with Crippen molar-refractivity contribution in [2.45, 2.75) is 46.2 Å². The van der Waals surface area contributed by atoms with Crippen LogP contribution >= 0.6 is 0 Å². The molecule has 2 nitrogen and oxygen atoms in total. The van der Waals surface area contributed by atoms with E-state index in [0.29, 0.717) is 0 Å². The molecule has 21 heavy (non-hydrogen) atoms. The third-order valence-electron chi connectivity index (χ3n) is 5.18. The summed E-state index contributed by atoms with van der Waals surface area (Å²) in [5.74, 6) is 2.71. The highest BCUT2D eigenvalue weighted by Gasteiger charge is 2.35. The summed E-state index contributed by atoms with van der Waals surface area (Å²) >= 11 is 0. The van der Waals surface area contributed by atoms with Crippen LogP contribution in [0, 0.1) is 17.8 Å². The molecular formula is C19H30N2. The smallest absolute Gasteiger partial charge is 0.0237 e. The molecule has 1 aliphatic carbocycles. The Morgan fingerprint density at radius 2 is 1.76 bits per heavy atom. The van der Waals surface area contributed by atoms with Crippen molar-refractivity contribution in [2.24, 2.45) is 17.8 Å². The molecule has 2 aliphatic rings. The summed E-state index contributed by atoms with van der Waals surface area (Å²) in [5, 5.41) is 3.59. The Morgan fingerprint density at radius 3 is 2.43 bits per heavy atom. The second-order valence-corrected chi connectivity index (χ2v) is 7.44. The van der Waals surface area contributed by atoms with E-state index in [9.17, 15) is 0 Å². The fourth-order valence-electron chi connectivity index (χ4n) is 4.08. The SMILES string of the molecule is CC(C)CNCc1ccccc1CN1CC2CCCC2C1. The first-order valence-electron chi connectivity index (χ1n) is 8.72. The van der Waals surface area contributed by atoms with Crippen molar-refractivity contribution in [3.05, 3.63) is 35.4 Å². The van der Waals surface area contributed by atoms with Crippen molar-refractivity contribution in [1.82, 2.24) is 10.2 Å². The average molecular weight is 286 g/mol. The first-order valence-corrected chi connectivity index (χ1v) is 8.72. The van der Waals surface area contributed by atoms with E-state index in [4.69, 9.17) is 0 Å². The molecule has 1 aromatic rings. The van der Waals surface area contributed by atoms with Gasteiger partial charge >= 0.3 is 0 Å². The third-order valence-corrected chi connectivity index (χ3v) is 5.18. The average Bonchev–Trinajstić information content (AvgIpc) is 3.01. The fraction of sp³-hybridized carbons (Fsp3) is 0.684. The van der Waals surface area contributed by atoms with E-state index in [0.717, 1.165) is 37.4 Å². The van der Waals surface area contributed by atoms with Gasteiger partial charge < -0.3 is 5.32 Å². The minimum absolute atomic E-state index is 0.718. The number of hydrogen-bond donors (Lipinski definition) is 1. The molecule has 2 unspecified atom stereocenters. The van der Waals surface area contributed by atoms with Crippen LogP contribution in [0.4, 0.5) is 0 Å². The van der Waals surface area contributed by atoms with Gasteiger partial charge in [-0.25, -0.2) is 0 Å². The maximum atomic E-state index is 3.59. The second-order valence-electron chi connectivity index (χ2n) is 7.44. The van der Waals surface area contributed by atoms with Crippen LogP contribution < -0.4 is 5.32 Å². The summed E-state index contributed by atoms with van der Waals surface area (Å²) in [7, 11) is 0. The van der Waals surface area contributed by atoms with Crippen LogP contribution in [0.2, 0.25) is 0 Å². The summed E-state index contributed by atoms with van der Waals surface area (Å²) in [4.78, 5) is 2.69. The Kier molecular flexibility index (Phi) is 4.97. The number of benzene rings is 1. The molecule has 0 bridgehead atoms. The summed E-state index contributed by atoms with van der Waals surface area (Å²) in [5.41, 5.74) is 3.00. The lowest BCUT2D eigenvalue weighted by Gasteiger charge is -2.19. The molecule has 116 valence electrons. The predicted octanol–water partition coefficient (Wildman–Crippen LogP) is 3.66. The Balaban J connectivity index is 1.57. The van der Waals surface area contributed by atoms with Gasteiger partial charge in [0.05, 0.1) is 0 Å². The zero-order valence-corrected chi connectivity index (χ0v) is 13.6. The molecule has 2 heteroatoms. The number of rotatable bonds is 6. The standard InChI is InChI=1S/C19H30N2/c1-15(2)10-20-11-16-6-3-4-7-17(16)12-21-13-18-8-5-9-19(18)14-21/h3-4,6-7,15,18-20H,5,8-14H2,1-2H3. The molecule has 1 saturated carbocycles. The van der Waals surface area contributed by atoms with Gasteiger partial charge in [-0.3, -0.25) is 4.90 Å². The van der Waals surface area contributed by atoms with E-state index in [-0.39, 0.29) is 0 Å². The summed E-state index contributed by atoms with van der Waals surface area (Å²) in [6.45, 7) is 10.4. The molecule has 1 N–H and O–H groups in total. The van der Waals surface area contributed by atoms with Crippen LogP contribution in [0.15, 0.2) is 24.3 Å². The Hall–Kier alpha value is -0.860. The quantitative estimate of drug-likeness (QED) is 0.858. The van der Waals surface area contributed by atoms with E-state index >= 15 is 0 Å². The molecule has 0 amide bonds. The summed E-state index contributed by atoms with van der Waals surface area (Å²) in [6.07, 6.45) is 4.41. The Morgan fingerprint density at radius 1 is 1.10 bits per heavy atom. The minimum atomic E-state index is 0.718. The van der Waals surface area contributed by atoms with Gasteiger partial charge in [0.1, 0.15) is 0 Å². The van der Waals surface area contributed by atoms with Gasteiger partial charge in [0.2, 0.25) is 0 Å². The van der Waals surface area contributed by atoms with E-state index in [1.54, 1.807) is 0 Å². The molecule has 0 radical (unpaired) electrons. The van der Waals surface area contributed by atoms with Crippen LogP contribution in [0.5, 0.6) is 0 Å². The van der Waals surface area contributed by atoms with Crippen LogP contribution in [-0.2, 0) is 13.1 Å². The lowest BCUT2D eigenvalue weighted by atomic mass is 10.0. The molecule has 1 aliphatic heterocycles. The molecule has 1 saturated heterocycles.